The second kappa shape index (κ2) is 6.58. The molecule has 6 rings (SSSR count). The van der Waals surface area contributed by atoms with E-state index >= 15 is 0 Å². The van der Waals surface area contributed by atoms with Crippen molar-refractivity contribution in [1.29, 1.82) is 0 Å². The summed E-state index contributed by atoms with van der Waals surface area (Å²) < 4.78 is 0. The summed E-state index contributed by atoms with van der Waals surface area (Å²) in [4.78, 5) is 2.91. The van der Waals surface area contributed by atoms with Gasteiger partial charge in [0, 0.05) is 24.0 Å². The van der Waals surface area contributed by atoms with E-state index in [1.54, 1.807) is 0 Å². The van der Waals surface area contributed by atoms with Gasteiger partial charge in [-0.3, -0.25) is 4.90 Å². The van der Waals surface area contributed by atoms with E-state index in [9.17, 15) is 10.2 Å². The van der Waals surface area contributed by atoms with Crippen LogP contribution < -0.4 is 0 Å². The molecule has 6 aliphatic rings. The first-order chi connectivity index (χ1) is 14.2. The van der Waals surface area contributed by atoms with Crippen LogP contribution in [-0.4, -0.2) is 45.9 Å². The van der Waals surface area contributed by atoms with Crippen molar-refractivity contribution in [2.75, 3.05) is 6.54 Å². The van der Waals surface area contributed by atoms with E-state index in [0.29, 0.717) is 23.8 Å². The molecule has 0 aromatic heterocycles. The molecule has 4 aliphatic carbocycles. The molecule has 0 aromatic rings. The minimum Gasteiger partial charge on any atom is -0.393 e. The standard InChI is InChI=1S/C27H43NO2/c1-15-5-8-22-16(2)25-23(28(22)14-15)12-21-19-7-6-17-11-18(29)9-10-26(17,3)20(19)13-24(30)27(21,25)4/h6,15-16,18-25,29-30H,5,7-14H2,1-4H3/t15-,16?,18-,19?,20?,21?,22?,23?,24-,25?,26-,27+/m0/s1. The lowest BCUT2D eigenvalue weighted by Gasteiger charge is -2.60. The summed E-state index contributed by atoms with van der Waals surface area (Å²) in [5.41, 5.74) is 1.80. The molecule has 0 amide bonds. The van der Waals surface area contributed by atoms with Gasteiger partial charge < -0.3 is 10.2 Å². The van der Waals surface area contributed by atoms with Crippen molar-refractivity contribution in [1.82, 2.24) is 4.90 Å². The van der Waals surface area contributed by atoms with Crippen LogP contribution in [0.25, 0.3) is 0 Å². The fraction of sp³-hybridized carbons (Fsp3) is 0.926. The van der Waals surface area contributed by atoms with Crippen molar-refractivity contribution < 1.29 is 10.2 Å². The maximum Gasteiger partial charge on any atom is 0.0603 e. The van der Waals surface area contributed by atoms with Gasteiger partial charge in [0.15, 0.2) is 0 Å². The molecule has 5 fully saturated rings. The van der Waals surface area contributed by atoms with E-state index in [0.717, 1.165) is 49.5 Å². The molecule has 168 valence electrons. The summed E-state index contributed by atoms with van der Waals surface area (Å²) in [5.74, 6) is 4.19. The van der Waals surface area contributed by atoms with Gasteiger partial charge in [0.1, 0.15) is 0 Å². The minimum atomic E-state index is -0.164. The van der Waals surface area contributed by atoms with Crippen LogP contribution in [-0.2, 0) is 0 Å². The largest absolute Gasteiger partial charge is 0.393 e. The van der Waals surface area contributed by atoms with Gasteiger partial charge in [-0.1, -0.05) is 39.3 Å². The predicted molar refractivity (Wildman–Crippen MR) is 120 cm³/mol. The quantitative estimate of drug-likeness (QED) is 0.569. The molecule has 2 N–H and O–H groups in total. The first-order valence-corrected chi connectivity index (χ1v) is 13.1. The van der Waals surface area contributed by atoms with Crippen LogP contribution >= 0.6 is 0 Å². The number of aliphatic hydroxyl groups excluding tert-OH is 2. The van der Waals surface area contributed by atoms with E-state index in [1.165, 1.54) is 37.8 Å². The van der Waals surface area contributed by atoms with Gasteiger partial charge in [-0.05, 0) is 92.3 Å². The fourth-order valence-corrected chi connectivity index (χ4v) is 10.3. The molecule has 0 radical (unpaired) electrons. The number of fused-ring (bicyclic) bond motifs is 9. The molecular weight excluding hydrogens is 370 g/mol. The molecule has 7 unspecified atom stereocenters. The normalized spacial score (nSPS) is 60.1. The minimum absolute atomic E-state index is 0.0850. The first kappa shape index (κ1) is 20.2. The van der Waals surface area contributed by atoms with Crippen LogP contribution in [0.2, 0.25) is 0 Å². The number of allylic oxidation sites excluding steroid dienone is 1. The van der Waals surface area contributed by atoms with Crippen molar-refractivity contribution in [3.8, 4) is 0 Å². The Labute approximate surface area is 183 Å². The van der Waals surface area contributed by atoms with Crippen LogP contribution in [0.3, 0.4) is 0 Å². The predicted octanol–water partition coefficient (Wildman–Crippen LogP) is 4.63. The fourth-order valence-electron chi connectivity index (χ4n) is 10.3. The van der Waals surface area contributed by atoms with Gasteiger partial charge >= 0.3 is 0 Å². The molecule has 2 saturated heterocycles. The average Bonchev–Trinajstić information content (AvgIpc) is 3.17. The number of hydrogen-bond donors (Lipinski definition) is 2. The van der Waals surface area contributed by atoms with Crippen LogP contribution in [0.15, 0.2) is 11.6 Å². The van der Waals surface area contributed by atoms with Crippen LogP contribution in [0.4, 0.5) is 0 Å². The number of piperidine rings is 1. The lowest BCUT2D eigenvalue weighted by atomic mass is 9.46. The SMILES string of the molecule is CC1C2CC[C@H](C)CN2C2CC3C4CC=C5C[C@@H](O)CC[C@]5(C)C4C[C@H](O)[C@]3(C)C12. The highest BCUT2D eigenvalue weighted by Gasteiger charge is 2.69. The maximum absolute atomic E-state index is 11.8. The van der Waals surface area contributed by atoms with Gasteiger partial charge in [-0.15, -0.1) is 0 Å². The average molecular weight is 414 g/mol. The zero-order valence-corrected chi connectivity index (χ0v) is 19.6. The van der Waals surface area contributed by atoms with E-state index < -0.39 is 0 Å². The molecular formula is C27H43NO2. The van der Waals surface area contributed by atoms with E-state index in [4.69, 9.17) is 0 Å². The second-order valence-corrected chi connectivity index (χ2v) is 12.9. The highest BCUT2D eigenvalue weighted by molar-refractivity contribution is 5.27. The molecule has 3 nitrogen and oxygen atoms in total. The van der Waals surface area contributed by atoms with Crippen LogP contribution in [0.5, 0.6) is 0 Å². The van der Waals surface area contributed by atoms with Gasteiger partial charge in [0.2, 0.25) is 0 Å². The summed E-state index contributed by atoms with van der Waals surface area (Å²) in [5, 5.41) is 22.1. The molecule has 3 heteroatoms. The second-order valence-electron chi connectivity index (χ2n) is 12.9. The highest BCUT2D eigenvalue weighted by Crippen LogP contribution is 2.69. The third-order valence-corrected chi connectivity index (χ3v) is 11.8. The molecule has 2 aliphatic heterocycles. The maximum atomic E-state index is 11.8. The first-order valence-electron chi connectivity index (χ1n) is 13.1. The van der Waals surface area contributed by atoms with Crippen molar-refractivity contribution in [2.24, 2.45) is 46.3 Å². The van der Waals surface area contributed by atoms with E-state index in [2.05, 4.69) is 38.7 Å². The van der Waals surface area contributed by atoms with Crippen LogP contribution in [0.1, 0.15) is 79.1 Å². The third kappa shape index (κ3) is 2.44. The summed E-state index contributed by atoms with van der Waals surface area (Å²) in [7, 11) is 0. The molecule has 0 spiro atoms. The topological polar surface area (TPSA) is 43.7 Å². The molecule has 3 saturated carbocycles. The van der Waals surface area contributed by atoms with Gasteiger partial charge in [-0.2, -0.15) is 0 Å². The highest BCUT2D eigenvalue weighted by atomic mass is 16.3. The molecule has 0 bridgehead atoms. The van der Waals surface area contributed by atoms with Crippen molar-refractivity contribution in [3.63, 3.8) is 0 Å². The Morgan fingerprint density at radius 2 is 1.80 bits per heavy atom. The summed E-state index contributed by atoms with van der Waals surface area (Å²) >= 11 is 0. The monoisotopic (exact) mass is 413 g/mol. The molecule has 2 heterocycles. The van der Waals surface area contributed by atoms with E-state index in [1.807, 2.05) is 0 Å². The summed E-state index contributed by atoms with van der Waals surface area (Å²) in [6, 6.07) is 1.46. The summed E-state index contributed by atoms with van der Waals surface area (Å²) in [6.45, 7) is 11.2. The number of nitrogens with zero attached hydrogens (tertiary/aromatic N) is 1. The lowest BCUT2D eigenvalue weighted by Crippen LogP contribution is -2.57. The number of rotatable bonds is 0. The Balaban J connectivity index is 1.36. The Bertz CT molecular complexity index is 749. The van der Waals surface area contributed by atoms with Gasteiger partial charge in [0.25, 0.3) is 0 Å². The lowest BCUT2D eigenvalue weighted by molar-refractivity contribution is -0.135. The van der Waals surface area contributed by atoms with Gasteiger partial charge in [0.05, 0.1) is 12.2 Å². The number of aliphatic hydroxyl groups is 2. The Hall–Kier alpha value is -0.380. The smallest absolute Gasteiger partial charge is 0.0603 e. The summed E-state index contributed by atoms with van der Waals surface area (Å²) in [6.07, 6.45) is 11.4. The Morgan fingerprint density at radius 3 is 2.60 bits per heavy atom. The van der Waals surface area contributed by atoms with Gasteiger partial charge in [-0.25, -0.2) is 0 Å². The Kier molecular flexibility index (Phi) is 4.44. The molecule has 30 heavy (non-hydrogen) atoms. The van der Waals surface area contributed by atoms with Crippen LogP contribution in [0, 0.1) is 46.3 Å². The Morgan fingerprint density at radius 1 is 1.00 bits per heavy atom. The third-order valence-electron chi connectivity index (χ3n) is 11.8. The number of hydrogen-bond acceptors (Lipinski definition) is 3. The molecule has 12 atom stereocenters. The van der Waals surface area contributed by atoms with Crippen molar-refractivity contribution in [2.45, 2.75) is 103 Å². The molecule has 0 aromatic carbocycles. The van der Waals surface area contributed by atoms with Crippen molar-refractivity contribution >= 4 is 0 Å². The zero-order chi connectivity index (χ0) is 21.0. The zero-order valence-electron chi connectivity index (χ0n) is 19.6. The van der Waals surface area contributed by atoms with E-state index in [-0.39, 0.29) is 23.0 Å². The van der Waals surface area contributed by atoms with Crippen molar-refractivity contribution in [3.05, 3.63) is 11.6 Å².